The standard InChI is InChI=1S/C12H16N2O3S.C8H17NO3S.C7H9NO3S.C6H12N2O3S.C5H13NO3S/c1-10-13(2)7-8-14(10)9-11-3-5-12(6-4-11)18(15,16)17;1-8-3-5-9(2,6-4-8)7-13(10,11)12;1-7-4-2-3-5-8(7)6-12(9,10)11;1-6-7(2)3-4-8(6)5-12(9,10)11;1-6(2,3)4-5-10(7,8)9/h3-8,10H,9H2,1-2H3,(H,15,16,17);8H,3-7H2,1-2H3;2-5H,6H2,1H3;3-4,6H,5H2,1-2H3,(H,9,10,11);4-5H2,1-3H3. The minimum absolute atomic E-state index is 0.0220. The van der Waals surface area contributed by atoms with Crippen molar-refractivity contribution in [2.45, 2.75) is 70.2 Å². The van der Waals surface area contributed by atoms with E-state index in [4.69, 9.17) is 0 Å². The molecule has 65 heavy (non-hydrogen) atoms. The number of aromatic nitrogens is 1. The van der Waals surface area contributed by atoms with Crippen molar-refractivity contribution in [3.63, 3.8) is 0 Å². The van der Waals surface area contributed by atoms with Crippen LogP contribution in [0.25, 0.3) is 0 Å². The Morgan fingerprint density at radius 2 is 1.20 bits per heavy atom. The number of likely N-dealkylation sites (tertiary alicyclic amines) is 1. The zero-order chi connectivity index (χ0) is 50.4. The lowest BCUT2D eigenvalue weighted by Gasteiger charge is -2.40. The summed E-state index contributed by atoms with van der Waals surface area (Å²) in [6.45, 7) is 10.6. The van der Waals surface area contributed by atoms with Crippen LogP contribution in [-0.2, 0) is 63.0 Å². The maximum Gasteiger partial charge on any atom is 0.236 e. The molecule has 4 atom stereocenters. The second-order valence-electron chi connectivity index (χ2n) is 17.7. The fourth-order valence-electron chi connectivity index (χ4n) is 6.08. The van der Waals surface area contributed by atoms with E-state index in [0.29, 0.717) is 34.1 Å². The highest BCUT2D eigenvalue weighted by Crippen LogP contribution is 2.22. The number of benzene rings is 1. The predicted molar refractivity (Wildman–Crippen MR) is 235 cm³/mol. The number of rotatable bonds is 12. The maximum absolute atomic E-state index is 10.8. The van der Waals surface area contributed by atoms with Gasteiger partial charge in [-0.2, -0.15) is 4.57 Å². The number of hydrogen-bond acceptors (Lipinski definition) is 17. The molecular weight excluding hydrogens is 955 g/mol. The summed E-state index contributed by atoms with van der Waals surface area (Å²) in [7, 11) is -9.44. The number of quaternary nitrogens is 4. The van der Waals surface area contributed by atoms with Gasteiger partial charge in [-0.05, 0) is 36.5 Å². The van der Waals surface area contributed by atoms with Crippen LogP contribution in [0.3, 0.4) is 0 Å². The molecule has 1 aromatic carbocycles. The zero-order valence-electron chi connectivity index (χ0n) is 38.6. The Bertz CT molecular complexity index is 2440. The van der Waals surface area contributed by atoms with Gasteiger partial charge in [-0.1, -0.05) is 25.1 Å². The first kappa shape index (κ1) is 59.9. The fraction of sp³-hybridized carbons (Fsp3) is 0.605. The average molecular weight is 1020 g/mol. The van der Waals surface area contributed by atoms with Crippen molar-refractivity contribution in [1.82, 2.24) is 9.80 Å². The molecule has 0 spiro atoms. The normalized spacial score (nSPS) is 23.5. The topological polar surface area (TPSA) is 305 Å². The third-order valence-electron chi connectivity index (χ3n) is 10.5. The van der Waals surface area contributed by atoms with Gasteiger partial charge in [0.1, 0.15) is 58.7 Å². The molecule has 5 rings (SSSR count). The van der Waals surface area contributed by atoms with Gasteiger partial charge in [0.2, 0.25) is 5.88 Å². The molecule has 4 heterocycles. The van der Waals surface area contributed by atoms with Crippen LogP contribution in [0.2, 0.25) is 0 Å². The lowest BCUT2D eigenvalue weighted by molar-refractivity contribution is -0.904. The lowest BCUT2D eigenvalue weighted by atomic mass is 9.98. The SMILES string of the molecule is CC1CC[N+](C)(CS(=O)(=O)[O-])CC1.CC1N(CS(=O)(=O)[O-])C=C[NH+]1C.CC1N(Cc2ccc(S(=O)(=O)[O-])cc2)C=C[NH+]1C.C[N+](C)(C)CCS(=O)(=O)[O-].Cc1cccc[n+]1CS(=O)(=O)[O-]. The van der Waals surface area contributed by atoms with Crippen molar-refractivity contribution in [3.05, 3.63) is 84.7 Å². The minimum atomic E-state index is -4.35. The highest BCUT2D eigenvalue weighted by atomic mass is 32.2. The zero-order valence-corrected chi connectivity index (χ0v) is 42.7. The molecule has 3 aliphatic rings. The van der Waals surface area contributed by atoms with E-state index in [-0.39, 0.29) is 22.7 Å². The summed E-state index contributed by atoms with van der Waals surface area (Å²) >= 11 is 0. The van der Waals surface area contributed by atoms with E-state index < -0.39 is 62.3 Å². The minimum Gasteiger partial charge on any atom is -0.748 e. The van der Waals surface area contributed by atoms with E-state index in [0.717, 1.165) is 42.1 Å². The Hall–Kier alpha value is -3.16. The first-order valence-electron chi connectivity index (χ1n) is 20.2. The molecule has 0 amide bonds. The Morgan fingerprint density at radius 1 is 0.708 bits per heavy atom. The predicted octanol–water partition coefficient (Wildman–Crippen LogP) is -2.74. The summed E-state index contributed by atoms with van der Waals surface area (Å²) in [5.41, 5.74) is 1.73. The number of nitrogens with one attached hydrogen (secondary N) is 2. The molecule has 0 aliphatic carbocycles. The third-order valence-corrected chi connectivity index (χ3v) is 14.2. The molecular formula is C38H67N7O15S5. The van der Waals surface area contributed by atoms with E-state index in [2.05, 4.69) is 32.0 Å². The molecule has 0 saturated carbocycles. The van der Waals surface area contributed by atoms with Gasteiger partial charge in [-0.3, -0.25) is 9.80 Å². The largest absolute Gasteiger partial charge is 0.748 e. The number of aryl methyl sites for hydroxylation is 1. The van der Waals surface area contributed by atoms with Crippen LogP contribution in [0.4, 0.5) is 0 Å². The number of nitrogens with zero attached hydrogens (tertiary/aromatic N) is 5. The molecule has 2 aromatic rings. The first-order valence-corrected chi connectivity index (χ1v) is 27.9. The monoisotopic (exact) mass is 1020 g/mol. The summed E-state index contributed by atoms with van der Waals surface area (Å²) in [5.74, 6) is -0.807. The van der Waals surface area contributed by atoms with Crippen LogP contribution in [0.5, 0.6) is 0 Å². The third kappa shape index (κ3) is 26.7. The molecule has 3 aliphatic heterocycles. The van der Waals surface area contributed by atoms with Gasteiger partial charge in [0.05, 0.1) is 85.0 Å². The molecule has 0 bridgehead atoms. The molecule has 0 radical (unpaired) electrons. The van der Waals surface area contributed by atoms with Crippen molar-refractivity contribution in [1.29, 1.82) is 0 Å². The summed E-state index contributed by atoms with van der Waals surface area (Å²) in [5, 5.41) is 0. The van der Waals surface area contributed by atoms with Gasteiger partial charge in [0.25, 0.3) is 0 Å². The van der Waals surface area contributed by atoms with Crippen molar-refractivity contribution in [2.75, 3.05) is 79.4 Å². The highest BCUT2D eigenvalue weighted by Gasteiger charge is 2.30. The van der Waals surface area contributed by atoms with E-state index in [9.17, 15) is 64.9 Å². The second-order valence-corrected chi connectivity index (χ2v) is 24.7. The number of pyridine rings is 1. The molecule has 22 nitrogen and oxygen atoms in total. The van der Waals surface area contributed by atoms with Gasteiger partial charge in [-0.25, -0.2) is 42.1 Å². The van der Waals surface area contributed by atoms with Crippen LogP contribution in [0.1, 0.15) is 44.9 Å². The van der Waals surface area contributed by atoms with E-state index in [1.54, 1.807) is 49.7 Å². The summed E-state index contributed by atoms with van der Waals surface area (Å²) in [6.07, 6.45) is 11.5. The van der Waals surface area contributed by atoms with Gasteiger partial charge in [0, 0.05) is 39.4 Å². The van der Waals surface area contributed by atoms with Gasteiger partial charge < -0.3 is 41.5 Å². The molecule has 27 heteroatoms. The lowest BCUT2D eigenvalue weighted by Crippen LogP contribution is -3.08. The van der Waals surface area contributed by atoms with Gasteiger partial charge in [-0.15, -0.1) is 0 Å². The fourth-order valence-corrected chi connectivity index (χ4v) is 9.65. The quantitative estimate of drug-likeness (QED) is 0.124. The molecule has 4 unspecified atom stereocenters. The molecule has 1 saturated heterocycles. The highest BCUT2D eigenvalue weighted by molar-refractivity contribution is 7.86. The van der Waals surface area contributed by atoms with Crippen LogP contribution in [-0.4, -0.2) is 175 Å². The van der Waals surface area contributed by atoms with Crippen molar-refractivity contribution < 1.29 is 88.2 Å². The van der Waals surface area contributed by atoms with Gasteiger partial charge in [0.15, 0.2) is 40.2 Å². The molecule has 1 fully saturated rings. The molecule has 374 valence electrons. The number of piperidine rings is 1. The summed E-state index contributed by atoms with van der Waals surface area (Å²) in [4.78, 5) is 5.86. The van der Waals surface area contributed by atoms with E-state index >= 15 is 0 Å². The average Bonchev–Trinajstić information content (AvgIpc) is 3.62. The number of hydrogen-bond donors (Lipinski definition) is 2. The Morgan fingerprint density at radius 3 is 1.55 bits per heavy atom. The Labute approximate surface area is 387 Å². The van der Waals surface area contributed by atoms with E-state index in [1.807, 2.05) is 54.6 Å². The second kappa shape index (κ2) is 24.7. The first-order chi connectivity index (χ1) is 29.3. The van der Waals surface area contributed by atoms with Crippen LogP contribution < -0.4 is 14.4 Å². The smallest absolute Gasteiger partial charge is 0.236 e. The van der Waals surface area contributed by atoms with E-state index in [1.165, 1.54) is 26.5 Å². The summed E-state index contributed by atoms with van der Waals surface area (Å²) in [6, 6.07) is 11.3. The van der Waals surface area contributed by atoms with Crippen molar-refractivity contribution >= 4 is 50.6 Å². The van der Waals surface area contributed by atoms with Crippen molar-refractivity contribution in [2.24, 2.45) is 5.92 Å². The van der Waals surface area contributed by atoms with Gasteiger partial charge >= 0.3 is 0 Å². The molecule has 1 aromatic heterocycles. The van der Waals surface area contributed by atoms with Crippen LogP contribution in [0.15, 0.2) is 78.4 Å². The summed E-state index contributed by atoms with van der Waals surface area (Å²) < 4.78 is 159. The molecule has 2 N–H and O–H groups in total. The van der Waals surface area contributed by atoms with Crippen LogP contribution in [0, 0.1) is 12.8 Å². The van der Waals surface area contributed by atoms with Crippen LogP contribution >= 0.6 is 0 Å². The Balaban J connectivity index is 0.000000413. The van der Waals surface area contributed by atoms with Crippen molar-refractivity contribution in [3.8, 4) is 0 Å². The Kier molecular flexibility index (Phi) is 22.8. The maximum atomic E-state index is 10.8.